The Kier molecular flexibility index (Phi) is 3.43. The van der Waals surface area contributed by atoms with Gasteiger partial charge in [0.1, 0.15) is 4.90 Å². The molecule has 0 unspecified atom stereocenters. The van der Waals surface area contributed by atoms with Gasteiger partial charge in [-0.05, 0) is 43.7 Å². The van der Waals surface area contributed by atoms with Gasteiger partial charge in [-0.25, -0.2) is 17.5 Å². The molecule has 21 heavy (non-hydrogen) atoms. The maximum atomic E-state index is 12.8. The summed E-state index contributed by atoms with van der Waals surface area (Å²) in [4.78, 5) is 14.2. The van der Waals surface area contributed by atoms with Crippen molar-refractivity contribution >= 4 is 21.7 Å². The molecule has 1 heterocycles. The summed E-state index contributed by atoms with van der Waals surface area (Å²) in [6, 6.07) is 6.04. The van der Waals surface area contributed by atoms with E-state index in [-0.39, 0.29) is 10.9 Å². The normalized spacial score (nSPS) is 28.4. The van der Waals surface area contributed by atoms with Gasteiger partial charge in [0, 0.05) is 7.05 Å². The first kappa shape index (κ1) is 14.4. The summed E-state index contributed by atoms with van der Waals surface area (Å²) in [5.41, 5.74) is 0.461. The zero-order chi connectivity index (χ0) is 15.2. The highest BCUT2D eigenvalue weighted by Crippen LogP contribution is 2.38. The van der Waals surface area contributed by atoms with Crippen LogP contribution in [0.3, 0.4) is 0 Å². The van der Waals surface area contributed by atoms with Crippen molar-refractivity contribution < 1.29 is 13.2 Å². The second-order valence-electron chi connectivity index (χ2n) is 6.02. The highest BCUT2D eigenvalue weighted by molar-refractivity contribution is 7.90. The van der Waals surface area contributed by atoms with Crippen molar-refractivity contribution in [3.05, 3.63) is 24.3 Å². The Morgan fingerprint density at radius 2 is 1.71 bits per heavy atom. The standard InChI is InChI=1S/C15H20N2O3S/c1-11-7-9-12(10-8-11)17-15(18)16(2)13-5-3-4-6-14(13)21(17,19)20/h3-6,11-12H,7-10H2,1-2H3. The van der Waals surface area contributed by atoms with Gasteiger partial charge >= 0.3 is 6.03 Å². The van der Waals surface area contributed by atoms with Crippen LogP contribution in [0.15, 0.2) is 29.2 Å². The maximum Gasteiger partial charge on any atom is 0.338 e. The van der Waals surface area contributed by atoms with E-state index in [0.717, 1.165) is 30.0 Å². The van der Waals surface area contributed by atoms with Crippen molar-refractivity contribution in [2.24, 2.45) is 5.92 Å². The number of carbonyl (C=O) groups excluding carboxylic acids is 1. The molecule has 1 aromatic rings. The average Bonchev–Trinajstić information content (AvgIpc) is 2.47. The summed E-state index contributed by atoms with van der Waals surface area (Å²) in [5, 5.41) is 0. The van der Waals surface area contributed by atoms with Crippen LogP contribution in [-0.2, 0) is 10.0 Å². The molecule has 1 aliphatic carbocycles. The zero-order valence-electron chi connectivity index (χ0n) is 12.3. The Morgan fingerprint density at radius 3 is 2.38 bits per heavy atom. The van der Waals surface area contributed by atoms with Crippen LogP contribution in [0, 0.1) is 5.92 Å². The second kappa shape index (κ2) is 5.02. The summed E-state index contributed by atoms with van der Waals surface area (Å²) < 4.78 is 26.8. The number of carbonyl (C=O) groups is 1. The fraction of sp³-hybridized carbons (Fsp3) is 0.533. The van der Waals surface area contributed by atoms with E-state index in [1.807, 2.05) is 0 Å². The Labute approximate surface area is 125 Å². The molecule has 1 fully saturated rings. The lowest BCUT2D eigenvalue weighted by Crippen LogP contribution is -2.54. The number of fused-ring (bicyclic) bond motifs is 1. The molecule has 2 aliphatic rings. The smallest absolute Gasteiger partial charge is 0.295 e. The van der Waals surface area contributed by atoms with E-state index >= 15 is 0 Å². The number of nitrogens with zero attached hydrogens (tertiary/aromatic N) is 2. The van der Waals surface area contributed by atoms with E-state index in [1.165, 1.54) is 4.90 Å². The fourth-order valence-corrected chi connectivity index (χ4v) is 5.10. The molecule has 2 amide bonds. The van der Waals surface area contributed by atoms with E-state index in [4.69, 9.17) is 0 Å². The molecule has 0 spiro atoms. The number of anilines is 1. The third-order valence-electron chi connectivity index (χ3n) is 4.56. The molecule has 0 radical (unpaired) electrons. The predicted octanol–water partition coefficient (Wildman–Crippen LogP) is 2.83. The van der Waals surface area contributed by atoms with Gasteiger partial charge in [0.25, 0.3) is 10.0 Å². The van der Waals surface area contributed by atoms with E-state index < -0.39 is 16.1 Å². The molecule has 0 bridgehead atoms. The minimum absolute atomic E-state index is 0.213. The molecule has 6 heteroatoms. The van der Waals surface area contributed by atoms with Gasteiger partial charge in [0.2, 0.25) is 0 Å². The predicted molar refractivity (Wildman–Crippen MR) is 80.7 cm³/mol. The number of para-hydroxylation sites is 1. The molecule has 114 valence electrons. The van der Waals surface area contributed by atoms with E-state index in [1.54, 1.807) is 31.3 Å². The van der Waals surface area contributed by atoms with Crippen LogP contribution < -0.4 is 4.90 Å². The van der Waals surface area contributed by atoms with Crippen LogP contribution >= 0.6 is 0 Å². The molecule has 1 saturated carbocycles. The maximum absolute atomic E-state index is 12.8. The lowest BCUT2D eigenvalue weighted by molar-refractivity contribution is 0.196. The van der Waals surface area contributed by atoms with Crippen LogP contribution in [0.4, 0.5) is 10.5 Å². The van der Waals surface area contributed by atoms with Gasteiger partial charge in [-0.1, -0.05) is 19.1 Å². The largest absolute Gasteiger partial charge is 0.338 e. The first-order valence-electron chi connectivity index (χ1n) is 7.34. The number of benzene rings is 1. The van der Waals surface area contributed by atoms with Gasteiger partial charge < -0.3 is 0 Å². The van der Waals surface area contributed by atoms with Crippen LogP contribution in [0.5, 0.6) is 0 Å². The van der Waals surface area contributed by atoms with Gasteiger partial charge in [0.05, 0.1) is 11.7 Å². The number of sulfonamides is 1. The number of hydrogen-bond acceptors (Lipinski definition) is 3. The van der Waals surface area contributed by atoms with Gasteiger partial charge in [-0.3, -0.25) is 4.90 Å². The zero-order valence-corrected chi connectivity index (χ0v) is 13.1. The minimum atomic E-state index is -3.74. The highest BCUT2D eigenvalue weighted by Gasteiger charge is 2.44. The Bertz CT molecular complexity index is 663. The summed E-state index contributed by atoms with van der Waals surface area (Å²) in [6.45, 7) is 2.17. The number of rotatable bonds is 1. The van der Waals surface area contributed by atoms with Crippen LogP contribution in [0.2, 0.25) is 0 Å². The molecular weight excluding hydrogens is 288 g/mol. The average molecular weight is 308 g/mol. The van der Waals surface area contributed by atoms with Crippen molar-refractivity contribution in [1.82, 2.24) is 4.31 Å². The highest BCUT2D eigenvalue weighted by atomic mass is 32.2. The van der Waals surface area contributed by atoms with Crippen molar-refractivity contribution in [3.8, 4) is 0 Å². The van der Waals surface area contributed by atoms with Crippen molar-refractivity contribution in [2.75, 3.05) is 11.9 Å². The third-order valence-corrected chi connectivity index (χ3v) is 6.43. The first-order chi connectivity index (χ1) is 9.93. The van der Waals surface area contributed by atoms with Crippen LogP contribution in [-0.4, -0.2) is 31.8 Å². The molecule has 1 aliphatic heterocycles. The minimum Gasteiger partial charge on any atom is -0.295 e. The van der Waals surface area contributed by atoms with Gasteiger partial charge in [0.15, 0.2) is 0 Å². The summed E-state index contributed by atoms with van der Waals surface area (Å²) >= 11 is 0. The molecule has 3 rings (SSSR count). The van der Waals surface area contributed by atoms with E-state index in [2.05, 4.69) is 6.92 Å². The quantitative estimate of drug-likeness (QED) is 0.801. The molecule has 0 aromatic heterocycles. The van der Waals surface area contributed by atoms with E-state index in [9.17, 15) is 13.2 Å². The van der Waals surface area contributed by atoms with Crippen LogP contribution in [0.1, 0.15) is 32.6 Å². The molecule has 5 nitrogen and oxygen atoms in total. The summed E-state index contributed by atoms with van der Waals surface area (Å²) in [5.74, 6) is 0.605. The lowest BCUT2D eigenvalue weighted by Gasteiger charge is -2.40. The molecular formula is C15H20N2O3S. The number of hydrogen-bond donors (Lipinski definition) is 0. The van der Waals surface area contributed by atoms with Gasteiger partial charge in [-0.15, -0.1) is 0 Å². The number of urea groups is 1. The molecule has 1 aromatic carbocycles. The van der Waals surface area contributed by atoms with Gasteiger partial charge in [-0.2, -0.15) is 0 Å². The molecule has 0 N–H and O–H groups in total. The Balaban J connectivity index is 2.04. The summed E-state index contributed by atoms with van der Waals surface area (Å²) in [7, 11) is -2.11. The van der Waals surface area contributed by atoms with E-state index in [0.29, 0.717) is 11.6 Å². The first-order valence-corrected chi connectivity index (χ1v) is 8.78. The molecule has 0 atom stereocenters. The third kappa shape index (κ3) is 2.21. The Morgan fingerprint density at radius 1 is 1.10 bits per heavy atom. The second-order valence-corrected chi connectivity index (χ2v) is 7.81. The van der Waals surface area contributed by atoms with Crippen molar-refractivity contribution in [2.45, 2.75) is 43.5 Å². The summed E-state index contributed by atoms with van der Waals surface area (Å²) in [6.07, 6.45) is 3.44. The van der Waals surface area contributed by atoms with Crippen LogP contribution in [0.25, 0.3) is 0 Å². The molecule has 0 saturated heterocycles. The lowest BCUT2D eigenvalue weighted by atomic mass is 9.87. The SMILES string of the molecule is CC1CCC(N2C(=O)N(C)c3ccccc3S2(=O)=O)CC1. The van der Waals surface area contributed by atoms with Crippen molar-refractivity contribution in [1.29, 1.82) is 0 Å². The fourth-order valence-electron chi connectivity index (χ4n) is 3.24. The van der Waals surface area contributed by atoms with Crippen molar-refractivity contribution in [3.63, 3.8) is 0 Å². The monoisotopic (exact) mass is 308 g/mol. The topological polar surface area (TPSA) is 57.7 Å². The Hall–Kier alpha value is -1.56. The number of amides is 2.